The van der Waals surface area contributed by atoms with Crippen molar-refractivity contribution in [2.75, 3.05) is 18.8 Å². The number of thioether (sulfide) groups is 1. The Morgan fingerprint density at radius 1 is 1.32 bits per heavy atom. The van der Waals surface area contributed by atoms with E-state index in [9.17, 15) is 18.0 Å². The first kappa shape index (κ1) is 14.2. The number of halogens is 3. The zero-order valence-electron chi connectivity index (χ0n) is 9.98. The number of alkyl halides is 3. The minimum Gasteiger partial charge on any atom is -0.321 e. The molecule has 0 saturated carbocycles. The van der Waals surface area contributed by atoms with Crippen molar-refractivity contribution in [3.8, 4) is 0 Å². The van der Waals surface area contributed by atoms with Crippen LogP contribution < -0.4 is 5.32 Å². The molecule has 1 atom stereocenters. The monoisotopic (exact) mass is 290 g/mol. The predicted molar refractivity (Wildman–Crippen MR) is 67.4 cm³/mol. The van der Waals surface area contributed by atoms with Crippen LogP contribution >= 0.6 is 11.8 Å². The highest BCUT2D eigenvalue weighted by molar-refractivity contribution is 8.00. The second-order valence-corrected chi connectivity index (χ2v) is 5.24. The Bertz CT molecular complexity index is 438. The highest BCUT2D eigenvalue weighted by Gasteiger charge is 2.33. The minimum absolute atomic E-state index is 0.0789. The lowest BCUT2D eigenvalue weighted by molar-refractivity contribution is -0.127. The van der Waals surface area contributed by atoms with Crippen LogP contribution in [0.25, 0.3) is 0 Å². The fourth-order valence-electron chi connectivity index (χ4n) is 1.99. The van der Waals surface area contributed by atoms with Gasteiger partial charge in [0.1, 0.15) is 6.17 Å². The third-order valence-corrected chi connectivity index (χ3v) is 3.51. The molecule has 1 aromatic rings. The maximum absolute atomic E-state index is 12.1. The lowest BCUT2D eigenvalue weighted by Crippen LogP contribution is -2.32. The summed E-state index contributed by atoms with van der Waals surface area (Å²) in [6.07, 6.45) is -0.331. The molecule has 0 bridgehead atoms. The molecule has 1 aromatic carbocycles. The number of rotatable bonds is 4. The highest BCUT2D eigenvalue weighted by atomic mass is 32.2. The third-order valence-electron chi connectivity index (χ3n) is 2.79. The summed E-state index contributed by atoms with van der Waals surface area (Å²) in [4.78, 5) is 13.1. The number of amides is 1. The fourth-order valence-corrected chi connectivity index (χ4v) is 2.51. The first-order valence-corrected chi connectivity index (χ1v) is 6.74. The Labute approximate surface area is 113 Å². The van der Waals surface area contributed by atoms with Gasteiger partial charge in [-0.3, -0.25) is 10.1 Å². The van der Waals surface area contributed by atoms with Gasteiger partial charge in [0.05, 0.1) is 6.54 Å². The topological polar surface area (TPSA) is 32.3 Å². The first-order valence-electron chi connectivity index (χ1n) is 5.76. The highest BCUT2D eigenvalue weighted by Crippen LogP contribution is 2.31. The van der Waals surface area contributed by atoms with Crippen molar-refractivity contribution in [1.82, 2.24) is 10.2 Å². The van der Waals surface area contributed by atoms with Crippen molar-refractivity contribution in [2.45, 2.75) is 11.7 Å². The summed E-state index contributed by atoms with van der Waals surface area (Å²) in [6, 6.07) is 9.22. The molecule has 1 fully saturated rings. The summed E-state index contributed by atoms with van der Waals surface area (Å²) in [5, 5.41) is 3.01. The molecule has 1 saturated heterocycles. The second-order valence-electron chi connectivity index (χ2n) is 4.08. The van der Waals surface area contributed by atoms with Crippen LogP contribution in [-0.4, -0.2) is 35.2 Å². The molecule has 7 heteroatoms. The number of carbonyl (C=O) groups excluding carboxylic acids is 1. The number of benzene rings is 1. The second kappa shape index (κ2) is 5.83. The average molecular weight is 290 g/mol. The number of nitrogens with one attached hydrogen (secondary N) is 1. The van der Waals surface area contributed by atoms with E-state index in [1.54, 1.807) is 0 Å². The van der Waals surface area contributed by atoms with Gasteiger partial charge in [-0.1, -0.05) is 30.3 Å². The van der Waals surface area contributed by atoms with Crippen LogP contribution in [0.1, 0.15) is 11.7 Å². The molecule has 0 radical (unpaired) electrons. The molecule has 0 spiro atoms. The summed E-state index contributed by atoms with van der Waals surface area (Å²) >= 11 is -0.102. The molecule has 1 aliphatic rings. The lowest BCUT2D eigenvalue weighted by Gasteiger charge is -2.24. The lowest BCUT2D eigenvalue weighted by atomic mass is 10.1. The zero-order valence-corrected chi connectivity index (χ0v) is 10.8. The van der Waals surface area contributed by atoms with E-state index >= 15 is 0 Å². The van der Waals surface area contributed by atoms with E-state index in [-0.39, 0.29) is 42.7 Å². The van der Waals surface area contributed by atoms with Crippen LogP contribution in [-0.2, 0) is 4.79 Å². The molecule has 0 aromatic heterocycles. The van der Waals surface area contributed by atoms with Crippen molar-refractivity contribution in [2.24, 2.45) is 0 Å². The van der Waals surface area contributed by atoms with Gasteiger partial charge in [-0.05, 0) is 17.3 Å². The number of carbonyl (C=O) groups is 1. The molecule has 1 unspecified atom stereocenters. The molecular weight excluding hydrogens is 277 g/mol. The van der Waals surface area contributed by atoms with E-state index < -0.39 is 5.51 Å². The summed E-state index contributed by atoms with van der Waals surface area (Å²) in [5.41, 5.74) is -3.37. The molecule has 1 N–H and O–H groups in total. The van der Waals surface area contributed by atoms with E-state index in [1.165, 1.54) is 4.90 Å². The van der Waals surface area contributed by atoms with Gasteiger partial charge in [0.15, 0.2) is 0 Å². The first-order chi connectivity index (χ1) is 8.97. The van der Waals surface area contributed by atoms with Crippen molar-refractivity contribution < 1.29 is 18.0 Å². The van der Waals surface area contributed by atoms with Gasteiger partial charge in [-0.2, -0.15) is 13.2 Å². The summed E-state index contributed by atoms with van der Waals surface area (Å²) in [5.74, 6) is -0.322. The molecular formula is C12H13F3N2OS. The standard InChI is InChI=1S/C12H13F3N2OS/c13-12(14,15)19-7-6-17-10(18)8-16-11(17)9-4-2-1-3-5-9/h1-5,11,16H,6-8H2. The fraction of sp³-hybridized carbons (Fsp3) is 0.417. The van der Waals surface area contributed by atoms with Crippen LogP contribution in [0.15, 0.2) is 30.3 Å². The van der Waals surface area contributed by atoms with Crippen LogP contribution in [0, 0.1) is 0 Å². The Hall–Kier alpha value is -1.21. The van der Waals surface area contributed by atoms with Gasteiger partial charge in [0.2, 0.25) is 5.91 Å². The number of hydrogen-bond acceptors (Lipinski definition) is 3. The van der Waals surface area contributed by atoms with Gasteiger partial charge < -0.3 is 4.90 Å². The third kappa shape index (κ3) is 3.87. The molecule has 19 heavy (non-hydrogen) atoms. The van der Waals surface area contributed by atoms with E-state index in [0.717, 1.165) is 5.56 Å². The zero-order chi connectivity index (χ0) is 13.9. The largest absolute Gasteiger partial charge is 0.441 e. The number of hydrogen-bond donors (Lipinski definition) is 1. The number of nitrogens with zero attached hydrogens (tertiary/aromatic N) is 1. The maximum atomic E-state index is 12.1. The van der Waals surface area contributed by atoms with Gasteiger partial charge in [0, 0.05) is 12.3 Å². The van der Waals surface area contributed by atoms with Gasteiger partial charge >= 0.3 is 5.51 Å². The van der Waals surface area contributed by atoms with Crippen LogP contribution in [0.3, 0.4) is 0 Å². The van der Waals surface area contributed by atoms with Crippen molar-refractivity contribution in [3.05, 3.63) is 35.9 Å². The minimum atomic E-state index is -4.25. The molecule has 104 valence electrons. The van der Waals surface area contributed by atoms with E-state index in [4.69, 9.17) is 0 Å². The SMILES string of the molecule is O=C1CNC(c2ccccc2)N1CCSC(F)(F)F. The van der Waals surface area contributed by atoms with Crippen LogP contribution in [0.2, 0.25) is 0 Å². The van der Waals surface area contributed by atoms with E-state index in [2.05, 4.69) is 5.32 Å². The van der Waals surface area contributed by atoms with Crippen LogP contribution in [0.5, 0.6) is 0 Å². The van der Waals surface area contributed by atoms with Gasteiger partial charge in [-0.25, -0.2) is 0 Å². The quantitative estimate of drug-likeness (QED) is 0.924. The molecule has 2 rings (SSSR count). The van der Waals surface area contributed by atoms with E-state index in [1.807, 2.05) is 30.3 Å². The average Bonchev–Trinajstić information content (AvgIpc) is 2.71. The molecule has 1 amide bonds. The smallest absolute Gasteiger partial charge is 0.321 e. The Balaban J connectivity index is 1.98. The normalized spacial score (nSPS) is 20.1. The molecule has 3 nitrogen and oxygen atoms in total. The summed E-state index contributed by atoms with van der Waals surface area (Å²) in [7, 11) is 0. The van der Waals surface area contributed by atoms with Gasteiger partial charge in [-0.15, -0.1) is 0 Å². The molecule has 0 aliphatic carbocycles. The van der Waals surface area contributed by atoms with Crippen molar-refractivity contribution >= 4 is 17.7 Å². The maximum Gasteiger partial charge on any atom is 0.441 e. The summed E-state index contributed by atoms with van der Waals surface area (Å²) in [6.45, 7) is 0.242. The predicted octanol–water partition coefficient (Wildman–Crippen LogP) is 2.37. The Morgan fingerprint density at radius 2 is 2.00 bits per heavy atom. The van der Waals surface area contributed by atoms with E-state index in [0.29, 0.717) is 0 Å². The Morgan fingerprint density at radius 3 is 2.63 bits per heavy atom. The molecule has 1 heterocycles. The Kier molecular flexibility index (Phi) is 4.36. The van der Waals surface area contributed by atoms with Crippen molar-refractivity contribution in [3.63, 3.8) is 0 Å². The van der Waals surface area contributed by atoms with Crippen LogP contribution in [0.4, 0.5) is 13.2 Å². The molecule has 1 aliphatic heterocycles. The van der Waals surface area contributed by atoms with Gasteiger partial charge in [0.25, 0.3) is 0 Å². The van der Waals surface area contributed by atoms with Crippen molar-refractivity contribution in [1.29, 1.82) is 0 Å². The summed E-state index contributed by atoms with van der Waals surface area (Å²) < 4.78 is 36.3.